The Balaban J connectivity index is 1.39. The molecule has 3 aromatic heterocycles. The van der Waals surface area contributed by atoms with Gasteiger partial charge in [0.25, 0.3) is 11.9 Å². The number of fused-ring (bicyclic) bond motifs is 2. The molecule has 0 aliphatic carbocycles. The summed E-state index contributed by atoms with van der Waals surface area (Å²) in [7, 11) is 1.81. The number of pyridine rings is 1. The molecular weight excluding hydrogens is 528 g/mol. The summed E-state index contributed by atoms with van der Waals surface area (Å²) < 4.78 is 0. The standard InChI is InChI=1S/C32H30N8O2/c1-18-14-37-32(38-28(33)12-19(2)34-3)39-29(18)25-15-36-30-23(25)7-5-9-27(30)40-16-26-22(6-4-8-24(26)31(40)42)20-10-11-35-21(13-20)17-41/h4-15,34,36,41H,16-17H2,1-3H3,(H2,33,37,38,39)/b19-12-. The molecule has 10 nitrogen and oxygen atoms in total. The number of rotatable bonds is 7. The van der Waals surface area contributed by atoms with Gasteiger partial charge in [0, 0.05) is 47.8 Å². The van der Waals surface area contributed by atoms with Crippen LogP contribution >= 0.6 is 0 Å². The summed E-state index contributed by atoms with van der Waals surface area (Å²) in [5.74, 6) is 0.489. The van der Waals surface area contributed by atoms with E-state index in [0.717, 1.165) is 55.8 Å². The number of H-pyrrole nitrogens is 1. The molecule has 210 valence electrons. The molecule has 0 saturated carbocycles. The molecule has 0 spiro atoms. The van der Waals surface area contributed by atoms with E-state index < -0.39 is 0 Å². The van der Waals surface area contributed by atoms with Gasteiger partial charge in [-0.3, -0.25) is 9.78 Å². The van der Waals surface area contributed by atoms with Gasteiger partial charge < -0.3 is 26.0 Å². The first-order valence-electron chi connectivity index (χ1n) is 13.5. The zero-order chi connectivity index (χ0) is 29.4. The number of hydrogen-bond acceptors (Lipinski definition) is 7. The van der Waals surface area contributed by atoms with Gasteiger partial charge in [-0.2, -0.15) is 4.99 Å². The lowest BCUT2D eigenvalue weighted by Crippen LogP contribution is -2.23. The summed E-state index contributed by atoms with van der Waals surface area (Å²) in [4.78, 5) is 36.6. The molecule has 0 radical (unpaired) electrons. The predicted octanol–water partition coefficient (Wildman–Crippen LogP) is 4.76. The van der Waals surface area contributed by atoms with E-state index in [1.165, 1.54) is 0 Å². The number of carbonyl (C=O) groups excluding carboxylic acids is 1. The number of allylic oxidation sites excluding steroid dienone is 1. The SMILES string of the molecule is CN/C(C)=C\C(N)=N/c1ncc(C)c(-c2c[nH]c3c(N4Cc5c(cccc5-c5ccnc(CO)c5)C4=O)cccc23)n1. The number of anilines is 1. The number of carbonyl (C=O) groups is 1. The van der Waals surface area contributed by atoms with Crippen molar-refractivity contribution in [2.75, 3.05) is 11.9 Å². The monoisotopic (exact) mass is 558 g/mol. The summed E-state index contributed by atoms with van der Waals surface area (Å²) in [5, 5.41) is 13.5. The van der Waals surface area contributed by atoms with Crippen LogP contribution in [0.1, 0.15) is 34.1 Å². The quantitative estimate of drug-likeness (QED) is 0.166. The molecule has 42 heavy (non-hydrogen) atoms. The molecule has 6 rings (SSSR count). The smallest absolute Gasteiger partial charge is 0.259 e. The van der Waals surface area contributed by atoms with Crippen molar-refractivity contribution >= 4 is 34.3 Å². The van der Waals surface area contributed by atoms with Crippen LogP contribution in [0.5, 0.6) is 0 Å². The van der Waals surface area contributed by atoms with Gasteiger partial charge in [0.15, 0.2) is 0 Å². The van der Waals surface area contributed by atoms with Crippen LogP contribution in [-0.2, 0) is 13.2 Å². The van der Waals surface area contributed by atoms with Crippen molar-refractivity contribution in [3.05, 3.63) is 101 Å². The van der Waals surface area contributed by atoms with E-state index in [0.29, 0.717) is 23.6 Å². The molecule has 4 heterocycles. The Hall–Kier alpha value is -5.35. The zero-order valence-electron chi connectivity index (χ0n) is 23.5. The third-order valence-corrected chi connectivity index (χ3v) is 7.44. The molecule has 1 aliphatic rings. The highest BCUT2D eigenvalue weighted by Gasteiger charge is 2.32. The third-order valence-electron chi connectivity index (χ3n) is 7.44. The van der Waals surface area contributed by atoms with Gasteiger partial charge in [0.2, 0.25) is 0 Å². The molecule has 1 amide bonds. The van der Waals surface area contributed by atoms with Gasteiger partial charge >= 0.3 is 0 Å². The lowest BCUT2D eigenvalue weighted by Gasteiger charge is -2.17. The van der Waals surface area contributed by atoms with E-state index in [-0.39, 0.29) is 18.5 Å². The Morgan fingerprint density at radius 2 is 1.98 bits per heavy atom. The number of nitrogens with two attached hydrogens (primary N) is 1. The van der Waals surface area contributed by atoms with Crippen molar-refractivity contribution in [1.29, 1.82) is 0 Å². The maximum atomic E-state index is 13.7. The van der Waals surface area contributed by atoms with Crippen molar-refractivity contribution in [1.82, 2.24) is 25.3 Å². The van der Waals surface area contributed by atoms with E-state index in [1.54, 1.807) is 23.4 Å². The van der Waals surface area contributed by atoms with Crippen LogP contribution in [-0.4, -0.2) is 43.8 Å². The molecule has 0 bridgehead atoms. The van der Waals surface area contributed by atoms with Crippen LogP contribution in [0.3, 0.4) is 0 Å². The zero-order valence-corrected chi connectivity index (χ0v) is 23.5. The maximum absolute atomic E-state index is 13.7. The van der Waals surface area contributed by atoms with Crippen molar-refractivity contribution in [2.45, 2.75) is 27.0 Å². The van der Waals surface area contributed by atoms with Crippen LogP contribution in [0.4, 0.5) is 11.6 Å². The van der Waals surface area contributed by atoms with E-state index >= 15 is 0 Å². The minimum absolute atomic E-state index is 0.0674. The average Bonchev–Trinajstić information content (AvgIpc) is 3.59. The minimum Gasteiger partial charge on any atom is -0.392 e. The Bertz CT molecular complexity index is 1910. The Morgan fingerprint density at radius 1 is 1.17 bits per heavy atom. The lowest BCUT2D eigenvalue weighted by atomic mass is 9.97. The Morgan fingerprint density at radius 3 is 2.79 bits per heavy atom. The number of nitrogens with one attached hydrogen (secondary N) is 2. The van der Waals surface area contributed by atoms with Crippen molar-refractivity contribution in [3.63, 3.8) is 0 Å². The first kappa shape index (κ1) is 26.9. The van der Waals surface area contributed by atoms with Crippen LogP contribution < -0.4 is 16.0 Å². The number of amidine groups is 1. The number of aromatic nitrogens is 4. The average molecular weight is 559 g/mol. The molecule has 2 aromatic carbocycles. The van der Waals surface area contributed by atoms with Crippen LogP contribution in [0.25, 0.3) is 33.3 Å². The minimum atomic E-state index is -0.148. The molecule has 0 unspecified atom stereocenters. The number of hydrogen-bond donors (Lipinski definition) is 4. The fraction of sp³-hybridized carbons (Fsp3) is 0.156. The van der Waals surface area contributed by atoms with Crippen LogP contribution in [0.2, 0.25) is 0 Å². The number of aliphatic imine (C=N–C) groups is 1. The Kier molecular flexibility index (Phi) is 6.97. The number of aryl methyl sites for hydroxylation is 1. The van der Waals surface area contributed by atoms with Gasteiger partial charge in [-0.05, 0) is 66.4 Å². The highest BCUT2D eigenvalue weighted by atomic mass is 16.3. The number of aromatic amines is 1. The molecule has 5 N–H and O–H groups in total. The molecule has 0 saturated heterocycles. The second kappa shape index (κ2) is 10.9. The van der Waals surface area contributed by atoms with E-state index in [9.17, 15) is 9.90 Å². The van der Waals surface area contributed by atoms with Gasteiger partial charge in [0.05, 0.1) is 35.7 Å². The number of nitrogens with zero attached hydrogens (tertiary/aromatic N) is 5. The van der Waals surface area contributed by atoms with E-state index in [2.05, 4.69) is 25.3 Å². The maximum Gasteiger partial charge on any atom is 0.259 e. The molecule has 5 aromatic rings. The van der Waals surface area contributed by atoms with Crippen molar-refractivity contribution in [3.8, 4) is 22.4 Å². The highest BCUT2D eigenvalue weighted by Crippen LogP contribution is 2.40. The van der Waals surface area contributed by atoms with Gasteiger partial charge in [0.1, 0.15) is 5.84 Å². The van der Waals surface area contributed by atoms with E-state index in [1.807, 2.05) is 75.6 Å². The fourth-order valence-corrected chi connectivity index (χ4v) is 5.29. The number of amides is 1. The number of para-hydroxylation sites is 1. The topological polar surface area (TPSA) is 145 Å². The van der Waals surface area contributed by atoms with Crippen molar-refractivity contribution < 1.29 is 9.90 Å². The van der Waals surface area contributed by atoms with Gasteiger partial charge in [-0.1, -0.05) is 24.3 Å². The summed E-state index contributed by atoms with van der Waals surface area (Å²) >= 11 is 0. The highest BCUT2D eigenvalue weighted by molar-refractivity contribution is 6.15. The largest absolute Gasteiger partial charge is 0.392 e. The first-order chi connectivity index (χ1) is 20.4. The molecule has 10 heteroatoms. The third kappa shape index (κ3) is 4.77. The fourth-order valence-electron chi connectivity index (χ4n) is 5.29. The lowest BCUT2D eigenvalue weighted by molar-refractivity contribution is 0.0997. The normalized spacial score (nSPS) is 13.6. The number of benzene rings is 2. The van der Waals surface area contributed by atoms with Crippen LogP contribution in [0.15, 0.2) is 83.9 Å². The summed E-state index contributed by atoms with van der Waals surface area (Å²) in [6.45, 7) is 4.11. The second-order valence-corrected chi connectivity index (χ2v) is 10.1. The number of aliphatic hydroxyl groups excluding tert-OH is 1. The van der Waals surface area contributed by atoms with E-state index in [4.69, 9.17) is 10.7 Å². The number of aliphatic hydroxyl groups is 1. The van der Waals surface area contributed by atoms with Crippen molar-refractivity contribution in [2.24, 2.45) is 10.7 Å². The van der Waals surface area contributed by atoms with Gasteiger partial charge in [-0.15, -0.1) is 0 Å². The van der Waals surface area contributed by atoms with Gasteiger partial charge in [-0.25, -0.2) is 9.97 Å². The second-order valence-electron chi connectivity index (χ2n) is 10.1. The molecule has 0 atom stereocenters. The summed E-state index contributed by atoms with van der Waals surface area (Å²) in [6, 6.07) is 15.4. The Labute approximate surface area is 242 Å². The predicted molar refractivity (Wildman–Crippen MR) is 164 cm³/mol. The van der Waals surface area contributed by atoms with Crippen LogP contribution in [0, 0.1) is 6.92 Å². The molecular formula is C32H30N8O2. The summed E-state index contributed by atoms with van der Waals surface area (Å²) in [5.41, 5.74) is 15.1. The summed E-state index contributed by atoms with van der Waals surface area (Å²) in [6.07, 6.45) is 7.03. The molecule has 1 aliphatic heterocycles. The molecule has 0 fully saturated rings. The first-order valence-corrected chi connectivity index (χ1v) is 13.5.